The molecule has 100 valence electrons. The second-order valence-electron chi connectivity index (χ2n) is 4.76. The number of hydrogen-bond donors (Lipinski definition) is 0. The Morgan fingerprint density at radius 1 is 1.42 bits per heavy atom. The van der Waals surface area contributed by atoms with E-state index in [1.165, 1.54) is 4.90 Å². The standard InChI is InChI=1S/C15H18N2OS/c1-19-14-7-3-12(4-8-14)15(18)11-17(10-2-9-16)13-5-6-13/h3-4,7-8,13H,2,5-6,10-11H2,1H3. The molecule has 0 saturated heterocycles. The molecule has 4 heteroatoms. The first-order valence-corrected chi connectivity index (χ1v) is 7.75. The summed E-state index contributed by atoms with van der Waals surface area (Å²) in [5.74, 6) is 0.150. The first-order chi connectivity index (χ1) is 9.24. The number of Topliss-reactive ketones (excluding diaryl/α,β-unsaturated/α-hetero) is 1. The van der Waals surface area contributed by atoms with Crippen LogP contribution in [0.2, 0.25) is 0 Å². The van der Waals surface area contributed by atoms with Crippen molar-refractivity contribution in [2.24, 2.45) is 0 Å². The summed E-state index contributed by atoms with van der Waals surface area (Å²) in [6, 6.07) is 10.4. The van der Waals surface area contributed by atoms with Crippen molar-refractivity contribution in [2.45, 2.75) is 30.2 Å². The summed E-state index contributed by atoms with van der Waals surface area (Å²) >= 11 is 1.67. The van der Waals surface area contributed by atoms with E-state index in [1.54, 1.807) is 11.8 Å². The van der Waals surface area contributed by atoms with Crippen LogP contribution in [0.4, 0.5) is 0 Å². The Morgan fingerprint density at radius 2 is 2.11 bits per heavy atom. The van der Waals surface area contributed by atoms with Crippen LogP contribution in [0.3, 0.4) is 0 Å². The lowest BCUT2D eigenvalue weighted by Gasteiger charge is -2.19. The molecule has 0 aliphatic heterocycles. The van der Waals surface area contributed by atoms with Gasteiger partial charge in [-0.3, -0.25) is 9.69 Å². The summed E-state index contributed by atoms with van der Waals surface area (Å²) in [6.45, 7) is 1.14. The lowest BCUT2D eigenvalue weighted by molar-refractivity contribution is 0.0926. The summed E-state index contributed by atoms with van der Waals surface area (Å²) in [4.78, 5) is 15.5. The fourth-order valence-electron chi connectivity index (χ4n) is 2.08. The molecule has 1 fully saturated rings. The highest BCUT2D eigenvalue weighted by molar-refractivity contribution is 7.98. The summed E-state index contributed by atoms with van der Waals surface area (Å²) in [5.41, 5.74) is 0.764. The molecule has 1 aliphatic rings. The van der Waals surface area contributed by atoms with E-state index in [0.29, 0.717) is 25.6 Å². The smallest absolute Gasteiger partial charge is 0.176 e. The maximum absolute atomic E-state index is 12.2. The van der Waals surface area contributed by atoms with Crippen LogP contribution < -0.4 is 0 Å². The van der Waals surface area contributed by atoms with Gasteiger partial charge in [-0.25, -0.2) is 0 Å². The third-order valence-electron chi connectivity index (χ3n) is 3.33. The summed E-state index contributed by atoms with van der Waals surface area (Å²) < 4.78 is 0. The van der Waals surface area contributed by atoms with Gasteiger partial charge in [0, 0.05) is 29.5 Å². The summed E-state index contributed by atoms with van der Waals surface area (Å²) in [5, 5.41) is 8.66. The number of hydrogen-bond acceptors (Lipinski definition) is 4. The molecule has 1 aliphatic carbocycles. The van der Waals surface area contributed by atoms with Crippen molar-refractivity contribution in [3.05, 3.63) is 29.8 Å². The Kier molecular flexibility index (Phi) is 5.00. The van der Waals surface area contributed by atoms with Gasteiger partial charge in [-0.2, -0.15) is 5.26 Å². The molecular formula is C15H18N2OS. The van der Waals surface area contributed by atoms with Crippen LogP contribution in [0, 0.1) is 11.3 Å². The minimum atomic E-state index is 0.150. The topological polar surface area (TPSA) is 44.1 Å². The Labute approximate surface area is 118 Å². The van der Waals surface area contributed by atoms with Crippen molar-refractivity contribution in [1.29, 1.82) is 5.26 Å². The van der Waals surface area contributed by atoms with E-state index in [2.05, 4.69) is 11.0 Å². The number of ketones is 1. The largest absolute Gasteiger partial charge is 0.293 e. The van der Waals surface area contributed by atoms with Crippen molar-refractivity contribution >= 4 is 17.5 Å². The molecule has 3 nitrogen and oxygen atoms in total. The van der Waals surface area contributed by atoms with Crippen LogP contribution >= 0.6 is 11.8 Å². The van der Waals surface area contributed by atoms with Crippen LogP contribution in [0.5, 0.6) is 0 Å². The molecule has 1 aromatic carbocycles. The SMILES string of the molecule is CSc1ccc(C(=O)CN(CCC#N)C2CC2)cc1. The Hall–Kier alpha value is -1.31. The second kappa shape index (κ2) is 6.74. The Morgan fingerprint density at radius 3 is 2.63 bits per heavy atom. The van der Waals surface area contributed by atoms with Crippen LogP contribution in [-0.4, -0.2) is 36.1 Å². The quantitative estimate of drug-likeness (QED) is 0.566. The first-order valence-electron chi connectivity index (χ1n) is 6.53. The maximum Gasteiger partial charge on any atom is 0.176 e. The number of benzene rings is 1. The van der Waals surface area contributed by atoms with E-state index >= 15 is 0 Å². The number of nitriles is 1. The highest BCUT2D eigenvalue weighted by Crippen LogP contribution is 2.27. The molecular weight excluding hydrogens is 256 g/mol. The third kappa shape index (κ3) is 4.09. The third-order valence-corrected chi connectivity index (χ3v) is 4.08. The molecule has 0 N–H and O–H groups in total. The van der Waals surface area contributed by atoms with E-state index in [0.717, 1.165) is 18.4 Å². The number of rotatable bonds is 7. The second-order valence-corrected chi connectivity index (χ2v) is 5.64. The van der Waals surface area contributed by atoms with Gasteiger partial charge in [-0.05, 0) is 31.2 Å². The van der Waals surface area contributed by atoms with E-state index in [-0.39, 0.29) is 5.78 Å². The Bertz CT molecular complexity index is 474. The van der Waals surface area contributed by atoms with Crippen molar-refractivity contribution in [3.63, 3.8) is 0 Å². The predicted molar refractivity (Wildman–Crippen MR) is 77.4 cm³/mol. The fourth-order valence-corrected chi connectivity index (χ4v) is 2.48. The zero-order valence-electron chi connectivity index (χ0n) is 11.1. The molecule has 0 bridgehead atoms. The van der Waals surface area contributed by atoms with E-state index < -0.39 is 0 Å². The van der Waals surface area contributed by atoms with Crippen molar-refractivity contribution in [2.75, 3.05) is 19.3 Å². The lowest BCUT2D eigenvalue weighted by atomic mass is 10.1. The van der Waals surface area contributed by atoms with E-state index in [1.807, 2.05) is 30.5 Å². The molecule has 2 rings (SSSR count). The van der Waals surface area contributed by atoms with Crippen LogP contribution in [-0.2, 0) is 0 Å². The van der Waals surface area contributed by atoms with Gasteiger partial charge in [-0.1, -0.05) is 12.1 Å². The monoisotopic (exact) mass is 274 g/mol. The van der Waals surface area contributed by atoms with Crippen molar-refractivity contribution in [1.82, 2.24) is 4.90 Å². The molecule has 1 aromatic rings. The molecule has 1 saturated carbocycles. The molecule has 19 heavy (non-hydrogen) atoms. The molecule has 0 unspecified atom stereocenters. The minimum Gasteiger partial charge on any atom is -0.293 e. The fraction of sp³-hybridized carbons (Fsp3) is 0.467. The molecule has 0 spiro atoms. The van der Waals surface area contributed by atoms with Gasteiger partial charge in [0.1, 0.15) is 0 Å². The van der Waals surface area contributed by atoms with Gasteiger partial charge in [0.05, 0.1) is 12.6 Å². The van der Waals surface area contributed by atoms with Crippen LogP contribution in [0.1, 0.15) is 29.6 Å². The molecule has 0 amide bonds. The lowest BCUT2D eigenvalue weighted by Crippen LogP contribution is -2.32. The Balaban J connectivity index is 1.95. The minimum absolute atomic E-state index is 0.150. The highest BCUT2D eigenvalue weighted by atomic mass is 32.2. The summed E-state index contributed by atoms with van der Waals surface area (Å²) in [7, 11) is 0. The first kappa shape index (κ1) is 14.1. The van der Waals surface area contributed by atoms with Gasteiger partial charge in [0.15, 0.2) is 5.78 Å². The number of carbonyl (C=O) groups excluding carboxylic acids is 1. The van der Waals surface area contributed by atoms with Gasteiger partial charge in [-0.15, -0.1) is 11.8 Å². The van der Waals surface area contributed by atoms with E-state index in [4.69, 9.17) is 5.26 Å². The average molecular weight is 274 g/mol. The predicted octanol–water partition coefficient (Wildman–Crippen LogP) is 2.97. The maximum atomic E-state index is 12.2. The number of thioether (sulfide) groups is 1. The number of carbonyl (C=O) groups is 1. The van der Waals surface area contributed by atoms with Crippen LogP contribution in [0.15, 0.2) is 29.2 Å². The molecule has 0 aromatic heterocycles. The van der Waals surface area contributed by atoms with Gasteiger partial charge in [0.25, 0.3) is 0 Å². The van der Waals surface area contributed by atoms with Gasteiger partial charge < -0.3 is 0 Å². The van der Waals surface area contributed by atoms with Crippen molar-refractivity contribution < 1.29 is 4.79 Å². The molecule has 0 radical (unpaired) electrons. The van der Waals surface area contributed by atoms with Crippen molar-refractivity contribution in [3.8, 4) is 6.07 Å². The van der Waals surface area contributed by atoms with Gasteiger partial charge >= 0.3 is 0 Å². The van der Waals surface area contributed by atoms with Crippen LogP contribution in [0.25, 0.3) is 0 Å². The normalized spacial score (nSPS) is 14.4. The average Bonchev–Trinajstić information content (AvgIpc) is 3.28. The zero-order chi connectivity index (χ0) is 13.7. The summed E-state index contributed by atoms with van der Waals surface area (Å²) in [6.07, 6.45) is 4.83. The van der Waals surface area contributed by atoms with Gasteiger partial charge in [0.2, 0.25) is 0 Å². The highest BCUT2D eigenvalue weighted by Gasteiger charge is 2.29. The van der Waals surface area contributed by atoms with E-state index in [9.17, 15) is 4.79 Å². The zero-order valence-corrected chi connectivity index (χ0v) is 11.9. The number of nitrogens with zero attached hydrogens (tertiary/aromatic N) is 2. The molecule has 0 atom stereocenters. The molecule has 0 heterocycles.